The number of para-hydroxylation sites is 1. The number of carboxylic acid groups (broad SMARTS) is 1. The molecule has 3 rings (SSSR count). The molecule has 1 aromatic heterocycles. The van der Waals surface area contributed by atoms with Crippen LogP contribution in [0.5, 0.6) is 11.5 Å². The molecule has 0 atom stereocenters. The van der Waals surface area contributed by atoms with Crippen molar-refractivity contribution in [3.05, 3.63) is 53.8 Å². The summed E-state index contributed by atoms with van der Waals surface area (Å²) >= 11 is 0. The van der Waals surface area contributed by atoms with Crippen molar-refractivity contribution in [1.82, 2.24) is 0 Å². The summed E-state index contributed by atoms with van der Waals surface area (Å²) in [6.07, 6.45) is 0. The highest BCUT2D eigenvalue weighted by atomic mass is 16.5. The Kier molecular flexibility index (Phi) is 3.83. The molecule has 0 radical (unpaired) electrons. The van der Waals surface area contributed by atoms with E-state index in [2.05, 4.69) is 5.32 Å². The molecule has 7 heteroatoms. The van der Waals surface area contributed by atoms with Gasteiger partial charge in [-0.3, -0.25) is 4.79 Å². The predicted octanol–water partition coefficient (Wildman–Crippen LogP) is 3.10. The number of hydrogen-bond acceptors (Lipinski definition) is 5. The summed E-state index contributed by atoms with van der Waals surface area (Å²) in [5.41, 5.74) is 0.450. The topological polar surface area (TPSA) is 109 Å². The number of fused-ring (bicyclic) bond motifs is 1. The number of anilines is 1. The summed E-state index contributed by atoms with van der Waals surface area (Å²) in [5, 5.41) is 21.8. The summed E-state index contributed by atoms with van der Waals surface area (Å²) in [6.45, 7) is 0. The van der Waals surface area contributed by atoms with Crippen LogP contribution in [-0.2, 0) is 0 Å². The minimum Gasteiger partial charge on any atom is -0.507 e. The molecule has 0 unspecified atom stereocenters. The van der Waals surface area contributed by atoms with Gasteiger partial charge < -0.3 is 24.7 Å². The number of carbonyl (C=O) groups is 2. The number of carbonyl (C=O) groups excluding carboxylic acids is 1. The quantitative estimate of drug-likeness (QED) is 0.679. The number of methoxy groups -OCH3 is 1. The normalized spacial score (nSPS) is 10.5. The fourth-order valence-corrected chi connectivity index (χ4v) is 2.29. The first kappa shape index (κ1) is 15.4. The van der Waals surface area contributed by atoms with E-state index in [1.807, 2.05) is 0 Å². The van der Waals surface area contributed by atoms with Crippen LogP contribution in [0.1, 0.15) is 20.9 Å². The summed E-state index contributed by atoms with van der Waals surface area (Å²) in [6, 6.07) is 10.6. The molecule has 0 aliphatic heterocycles. The minimum atomic E-state index is -1.25. The molecule has 0 aliphatic rings. The molecule has 3 N–H and O–H groups in total. The Balaban J connectivity index is 1.87. The van der Waals surface area contributed by atoms with E-state index in [1.54, 1.807) is 24.3 Å². The van der Waals surface area contributed by atoms with E-state index in [9.17, 15) is 14.7 Å². The van der Waals surface area contributed by atoms with Crippen LogP contribution in [0, 0.1) is 0 Å². The molecular weight excluding hydrogens is 314 g/mol. The zero-order chi connectivity index (χ0) is 17.3. The van der Waals surface area contributed by atoms with Gasteiger partial charge in [-0.25, -0.2) is 4.79 Å². The van der Waals surface area contributed by atoms with Crippen LogP contribution in [0.4, 0.5) is 5.69 Å². The fraction of sp³-hybridized carbons (Fsp3) is 0.0588. The van der Waals surface area contributed by atoms with Crippen molar-refractivity contribution in [2.24, 2.45) is 0 Å². The first-order valence-electron chi connectivity index (χ1n) is 6.94. The molecule has 0 fully saturated rings. The van der Waals surface area contributed by atoms with Crippen LogP contribution in [0.25, 0.3) is 11.0 Å². The summed E-state index contributed by atoms with van der Waals surface area (Å²) < 4.78 is 10.7. The van der Waals surface area contributed by atoms with Crippen molar-refractivity contribution in [3.8, 4) is 11.5 Å². The monoisotopic (exact) mass is 327 g/mol. The Morgan fingerprint density at radius 2 is 1.96 bits per heavy atom. The number of ether oxygens (including phenoxy) is 1. The van der Waals surface area contributed by atoms with Gasteiger partial charge in [0.15, 0.2) is 17.1 Å². The molecule has 0 saturated carbocycles. The molecule has 0 spiro atoms. The Hall–Kier alpha value is -3.48. The van der Waals surface area contributed by atoms with Gasteiger partial charge in [-0.05, 0) is 24.3 Å². The molecule has 122 valence electrons. The summed E-state index contributed by atoms with van der Waals surface area (Å²) in [4.78, 5) is 23.1. The van der Waals surface area contributed by atoms with Gasteiger partial charge >= 0.3 is 5.97 Å². The van der Waals surface area contributed by atoms with Crippen molar-refractivity contribution in [2.75, 3.05) is 12.4 Å². The van der Waals surface area contributed by atoms with E-state index < -0.39 is 17.6 Å². The predicted molar refractivity (Wildman–Crippen MR) is 85.8 cm³/mol. The maximum Gasteiger partial charge on any atom is 0.339 e. The molecule has 24 heavy (non-hydrogen) atoms. The molecular formula is C17H13NO6. The number of rotatable bonds is 4. The number of aromatic carboxylic acids is 1. The van der Waals surface area contributed by atoms with Gasteiger partial charge in [0.1, 0.15) is 11.3 Å². The smallest absolute Gasteiger partial charge is 0.339 e. The SMILES string of the molecule is COc1cccc2cc(C(=O)Nc3ccc(C(=O)O)c(O)c3)oc12. The van der Waals surface area contributed by atoms with Gasteiger partial charge in [0.2, 0.25) is 0 Å². The van der Waals surface area contributed by atoms with Crippen LogP contribution in [0.15, 0.2) is 46.9 Å². The lowest BCUT2D eigenvalue weighted by Gasteiger charge is -2.05. The molecule has 1 heterocycles. The van der Waals surface area contributed by atoms with Gasteiger partial charge in [-0.1, -0.05) is 12.1 Å². The van der Waals surface area contributed by atoms with Crippen LogP contribution in [0.2, 0.25) is 0 Å². The highest BCUT2D eigenvalue weighted by molar-refractivity contribution is 6.05. The van der Waals surface area contributed by atoms with Crippen molar-refractivity contribution in [2.45, 2.75) is 0 Å². The molecule has 3 aromatic rings. The third kappa shape index (κ3) is 2.74. The van der Waals surface area contributed by atoms with Crippen molar-refractivity contribution < 1.29 is 29.0 Å². The summed E-state index contributed by atoms with van der Waals surface area (Å²) in [5.74, 6) is -1.65. The Morgan fingerprint density at radius 1 is 1.17 bits per heavy atom. The number of nitrogens with one attached hydrogen (secondary N) is 1. The average Bonchev–Trinajstić information content (AvgIpc) is 2.98. The van der Waals surface area contributed by atoms with Gasteiger partial charge in [-0.2, -0.15) is 0 Å². The minimum absolute atomic E-state index is 0.0660. The highest BCUT2D eigenvalue weighted by Gasteiger charge is 2.16. The zero-order valence-corrected chi connectivity index (χ0v) is 12.6. The highest BCUT2D eigenvalue weighted by Crippen LogP contribution is 2.29. The second-order valence-electron chi connectivity index (χ2n) is 4.98. The van der Waals surface area contributed by atoms with Gasteiger partial charge in [0.25, 0.3) is 5.91 Å². The number of hydrogen-bond donors (Lipinski definition) is 3. The van der Waals surface area contributed by atoms with Crippen LogP contribution >= 0.6 is 0 Å². The Morgan fingerprint density at radius 3 is 2.62 bits per heavy atom. The second kappa shape index (κ2) is 5.96. The number of amides is 1. The number of furan rings is 1. The largest absolute Gasteiger partial charge is 0.507 e. The van der Waals surface area contributed by atoms with Crippen molar-refractivity contribution in [3.63, 3.8) is 0 Å². The van der Waals surface area contributed by atoms with Crippen molar-refractivity contribution >= 4 is 28.5 Å². The molecule has 1 amide bonds. The first-order chi connectivity index (χ1) is 11.5. The zero-order valence-electron chi connectivity index (χ0n) is 12.6. The van der Waals surface area contributed by atoms with Gasteiger partial charge in [0, 0.05) is 17.1 Å². The van der Waals surface area contributed by atoms with E-state index in [0.29, 0.717) is 16.7 Å². The lowest BCUT2D eigenvalue weighted by Crippen LogP contribution is -2.11. The van der Waals surface area contributed by atoms with Gasteiger partial charge in [0.05, 0.1) is 7.11 Å². The number of phenols is 1. The summed E-state index contributed by atoms with van der Waals surface area (Å²) in [7, 11) is 1.50. The lowest BCUT2D eigenvalue weighted by atomic mass is 10.2. The fourth-order valence-electron chi connectivity index (χ4n) is 2.29. The number of carboxylic acids is 1. The van der Waals surface area contributed by atoms with E-state index in [0.717, 1.165) is 6.07 Å². The standard InChI is InChI=1S/C17H13NO6/c1-23-13-4-2-3-9-7-14(24-15(9)13)16(20)18-10-5-6-11(17(21)22)12(19)8-10/h2-8,19H,1H3,(H,18,20)(H,21,22). The molecule has 0 saturated heterocycles. The third-order valence-corrected chi connectivity index (χ3v) is 3.44. The van der Waals surface area contributed by atoms with E-state index in [-0.39, 0.29) is 17.0 Å². The lowest BCUT2D eigenvalue weighted by molar-refractivity contribution is 0.0693. The molecule has 0 aliphatic carbocycles. The number of aromatic hydroxyl groups is 1. The van der Waals surface area contributed by atoms with E-state index in [1.165, 1.54) is 19.2 Å². The molecule has 0 bridgehead atoms. The second-order valence-corrected chi connectivity index (χ2v) is 4.98. The van der Waals surface area contributed by atoms with Gasteiger partial charge in [-0.15, -0.1) is 0 Å². The molecule has 2 aromatic carbocycles. The maximum atomic E-state index is 12.3. The third-order valence-electron chi connectivity index (χ3n) is 3.44. The average molecular weight is 327 g/mol. The van der Waals surface area contributed by atoms with Crippen LogP contribution in [0.3, 0.4) is 0 Å². The van der Waals surface area contributed by atoms with E-state index in [4.69, 9.17) is 14.3 Å². The maximum absolute atomic E-state index is 12.3. The van der Waals surface area contributed by atoms with Crippen LogP contribution in [-0.4, -0.2) is 29.2 Å². The van der Waals surface area contributed by atoms with Crippen LogP contribution < -0.4 is 10.1 Å². The first-order valence-corrected chi connectivity index (χ1v) is 6.94. The number of benzene rings is 2. The van der Waals surface area contributed by atoms with E-state index >= 15 is 0 Å². The van der Waals surface area contributed by atoms with Crippen molar-refractivity contribution in [1.29, 1.82) is 0 Å². The Bertz CT molecular complexity index is 943. The Labute approximate surface area is 136 Å². The molecule has 7 nitrogen and oxygen atoms in total.